The number of nitrogens with zero attached hydrogens (tertiary/aromatic N) is 3. The van der Waals surface area contributed by atoms with Crippen LogP contribution in [0.1, 0.15) is 24.5 Å². The molecule has 0 radical (unpaired) electrons. The van der Waals surface area contributed by atoms with Gasteiger partial charge in [-0.2, -0.15) is 5.10 Å². The summed E-state index contributed by atoms with van der Waals surface area (Å²) >= 11 is 0. The Labute approximate surface area is 136 Å². The highest BCUT2D eigenvalue weighted by atomic mass is 16.2. The van der Waals surface area contributed by atoms with Gasteiger partial charge < -0.3 is 16.0 Å². The minimum absolute atomic E-state index is 0.512. The second-order valence-corrected chi connectivity index (χ2v) is 5.84. The minimum Gasteiger partial charge on any atom is -0.371 e. The number of aromatic nitrogens is 2. The van der Waals surface area contributed by atoms with Crippen molar-refractivity contribution < 1.29 is 4.79 Å². The number of carbonyl (C=O) groups excluding carboxylic acids is 1. The maximum Gasteiger partial charge on any atom is 0.316 e. The molecule has 0 saturated carbocycles. The second-order valence-electron chi connectivity index (χ2n) is 5.84. The van der Waals surface area contributed by atoms with Crippen molar-refractivity contribution >= 4 is 17.4 Å². The molecule has 0 aliphatic carbocycles. The number of nitrogens with two attached hydrogens (primary N) is 1. The highest BCUT2D eigenvalue weighted by Crippen LogP contribution is 2.32. The molecule has 2 amide bonds. The molecule has 6 nitrogen and oxygen atoms in total. The van der Waals surface area contributed by atoms with E-state index in [1.54, 1.807) is 0 Å². The van der Waals surface area contributed by atoms with Crippen molar-refractivity contribution in [1.29, 1.82) is 0 Å². The number of carbonyl (C=O) groups is 1. The van der Waals surface area contributed by atoms with Gasteiger partial charge in [0.15, 0.2) is 0 Å². The van der Waals surface area contributed by atoms with Crippen molar-refractivity contribution in [3.05, 3.63) is 41.7 Å². The zero-order valence-electron chi connectivity index (χ0n) is 13.5. The Morgan fingerprint density at radius 1 is 1.43 bits per heavy atom. The standard InChI is InChI=1S/C17H23N5O/c1-2-22-12-13(11-19-22)8-10-21-9-4-5-14-15(20-17(18)23)6-3-7-16(14)21/h3,6-7,11-12H,2,4-5,8-10H2,1H3,(H3,18,20,23). The van der Waals surface area contributed by atoms with E-state index >= 15 is 0 Å². The van der Waals surface area contributed by atoms with Crippen molar-refractivity contribution in [3.63, 3.8) is 0 Å². The zero-order valence-corrected chi connectivity index (χ0v) is 13.5. The van der Waals surface area contributed by atoms with Crippen LogP contribution >= 0.6 is 0 Å². The summed E-state index contributed by atoms with van der Waals surface area (Å²) in [6.45, 7) is 4.97. The molecule has 1 aromatic heterocycles. The molecular formula is C17H23N5O. The molecule has 1 aliphatic rings. The van der Waals surface area contributed by atoms with Gasteiger partial charge in [-0.3, -0.25) is 4.68 Å². The largest absolute Gasteiger partial charge is 0.371 e. The lowest BCUT2D eigenvalue weighted by Crippen LogP contribution is -2.32. The van der Waals surface area contributed by atoms with Crippen LogP contribution in [-0.4, -0.2) is 28.9 Å². The fraction of sp³-hybridized carbons (Fsp3) is 0.412. The molecule has 23 heavy (non-hydrogen) atoms. The molecule has 6 heteroatoms. The number of hydrogen-bond acceptors (Lipinski definition) is 3. The molecule has 3 N–H and O–H groups in total. The summed E-state index contributed by atoms with van der Waals surface area (Å²) in [7, 11) is 0. The van der Waals surface area contributed by atoms with Crippen LogP contribution in [0, 0.1) is 0 Å². The summed E-state index contributed by atoms with van der Waals surface area (Å²) in [6, 6.07) is 5.49. The van der Waals surface area contributed by atoms with Gasteiger partial charge in [0.25, 0.3) is 0 Å². The Kier molecular flexibility index (Phi) is 4.50. The maximum absolute atomic E-state index is 11.2. The van der Waals surface area contributed by atoms with Gasteiger partial charge in [0.1, 0.15) is 0 Å². The predicted molar refractivity (Wildman–Crippen MR) is 91.8 cm³/mol. The summed E-state index contributed by atoms with van der Waals surface area (Å²) in [4.78, 5) is 13.5. The molecule has 0 atom stereocenters. The Balaban J connectivity index is 1.74. The monoisotopic (exact) mass is 313 g/mol. The topological polar surface area (TPSA) is 76.2 Å². The predicted octanol–water partition coefficient (Wildman–Crippen LogP) is 2.39. The SMILES string of the molecule is CCn1cc(CCN2CCCc3c(NC(N)=O)cccc32)cn1. The van der Waals surface area contributed by atoms with E-state index in [1.165, 1.54) is 16.8 Å². The summed E-state index contributed by atoms with van der Waals surface area (Å²) < 4.78 is 1.95. The Bertz CT molecular complexity index is 694. The molecule has 0 bridgehead atoms. The number of aryl methyl sites for hydroxylation is 1. The van der Waals surface area contributed by atoms with Crippen LogP contribution in [0.3, 0.4) is 0 Å². The number of nitrogens with one attached hydrogen (secondary N) is 1. The second kappa shape index (κ2) is 6.73. The first kappa shape index (κ1) is 15.4. The van der Waals surface area contributed by atoms with E-state index in [9.17, 15) is 4.79 Å². The third-order valence-electron chi connectivity index (χ3n) is 4.29. The lowest BCUT2D eigenvalue weighted by molar-refractivity contribution is 0.259. The number of hydrogen-bond donors (Lipinski definition) is 2. The van der Waals surface area contributed by atoms with E-state index in [0.29, 0.717) is 0 Å². The van der Waals surface area contributed by atoms with Gasteiger partial charge in [0.2, 0.25) is 0 Å². The van der Waals surface area contributed by atoms with Gasteiger partial charge in [-0.15, -0.1) is 0 Å². The van der Waals surface area contributed by atoms with Gasteiger partial charge in [0.05, 0.1) is 6.20 Å². The summed E-state index contributed by atoms with van der Waals surface area (Å²) in [5.41, 5.74) is 9.74. The fourth-order valence-electron chi connectivity index (χ4n) is 3.16. The lowest BCUT2D eigenvalue weighted by atomic mass is 9.99. The van der Waals surface area contributed by atoms with Gasteiger partial charge in [0, 0.05) is 37.2 Å². The Hall–Kier alpha value is -2.50. The number of urea groups is 1. The van der Waals surface area contributed by atoms with E-state index in [1.807, 2.05) is 23.0 Å². The van der Waals surface area contributed by atoms with Crippen LogP contribution in [0.2, 0.25) is 0 Å². The van der Waals surface area contributed by atoms with Crippen LogP contribution in [0.5, 0.6) is 0 Å². The quantitative estimate of drug-likeness (QED) is 0.890. The van der Waals surface area contributed by atoms with E-state index in [0.717, 1.165) is 44.6 Å². The number of rotatable bonds is 5. The number of amides is 2. The van der Waals surface area contributed by atoms with Crippen molar-refractivity contribution in [3.8, 4) is 0 Å². The van der Waals surface area contributed by atoms with Gasteiger partial charge in [-0.05, 0) is 49.4 Å². The Morgan fingerprint density at radius 3 is 3.04 bits per heavy atom. The lowest BCUT2D eigenvalue weighted by Gasteiger charge is -2.32. The number of benzene rings is 1. The van der Waals surface area contributed by atoms with Crippen molar-refractivity contribution in [1.82, 2.24) is 9.78 Å². The highest BCUT2D eigenvalue weighted by Gasteiger charge is 2.19. The average molecular weight is 313 g/mol. The number of anilines is 2. The minimum atomic E-state index is -0.512. The van der Waals surface area contributed by atoms with Gasteiger partial charge in [-0.25, -0.2) is 4.79 Å². The molecule has 0 saturated heterocycles. The first-order valence-corrected chi connectivity index (χ1v) is 8.12. The maximum atomic E-state index is 11.2. The van der Waals surface area contributed by atoms with Crippen LogP contribution in [-0.2, 0) is 19.4 Å². The molecule has 1 aromatic carbocycles. The number of fused-ring (bicyclic) bond motifs is 1. The van der Waals surface area contributed by atoms with Crippen LogP contribution < -0.4 is 16.0 Å². The fourth-order valence-corrected chi connectivity index (χ4v) is 3.16. The van der Waals surface area contributed by atoms with Crippen molar-refractivity contribution in [2.24, 2.45) is 5.73 Å². The first-order chi connectivity index (χ1) is 11.2. The molecule has 0 unspecified atom stereocenters. The third kappa shape index (κ3) is 3.47. The molecule has 3 rings (SSSR count). The molecule has 2 aromatic rings. The number of primary amides is 1. The molecule has 122 valence electrons. The summed E-state index contributed by atoms with van der Waals surface area (Å²) in [5, 5.41) is 7.06. The summed E-state index contributed by atoms with van der Waals surface area (Å²) in [5.74, 6) is 0. The molecule has 2 heterocycles. The Morgan fingerprint density at radius 2 is 2.30 bits per heavy atom. The molecule has 1 aliphatic heterocycles. The summed E-state index contributed by atoms with van der Waals surface area (Å²) in [6.07, 6.45) is 7.07. The average Bonchev–Trinajstić information content (AvgIpc) is 3.01. The smallest absolute Gasteiger partial charge is 0.316 e. The van der Waals surface area contributed by atoms with Crippen LogP contribution in [0.15, 0.2) is 30.6 Å². The molecule has 0 fully saturated rings. The van der Waals surface area contributed by atoms with Gasteiger partial charge >= 0.3 is 6.03 Å². The first-order valence-electron chi connectivity index (χ1n) is 8.12. The van der Waals surface area contributed by atoms with E-state index in [-0.39, 0.29) is 0 Å². The van der Waals surface area contributed by atoms with Crippen molar-refractivity contribution in [2.75, 3.05) is 23.3 Å². The van der Waals surface area contributed by atoms with Gasteiger partial charge in [-0.1, -0.05) is 6.07 Å². The van der Waals surface area contributed by atoms with Crippen molar-refractivity contribution in [2.45, 2.75) is 32.7 Å². The highest BCUT2D eigenvalue weighted by molar-refractivity contribution is 5.90. The van der Waals surface area contributed by atoms with E-state index in [4.69, 9.17) is 5.73 Å². The van der Waals surface area contributed by atoms with E-state index < -0.39 is 6.03 Å². The normalized spacial score (nSPS) is 13.7. The molecule has 0 spiro atoms. The van der Waals surface area contributed by atoms with Crippen LogP contribution in [0.25, 0.3) is 0 Å². The third-order valence-corrected chi connectivity index (χ3v) is 4.29. The van der Waals surface area contributed by atoms with Crippen LogP contribution in [0.4, 0.5) is 16.2 Å². The van der Waals surface area contributed by atoms with E-state index in [2.05, 4.69) is 34.5 Å². The molecular weight excluding hydrogens is 290 g/mol. The zero-order chi connectivity index (χ0) is 16.2.